The van der Waals surface area contributed by atoms with Crippen molar-refractivity contribution in [3.63, 3.8) is 0 Å². The molecule has 0 amide bonds. The van der Waals surface area contributed by atoms with E-state index in [2.05, 4.69) is 18.7 Å². The van der Waals surface area contributed by atoms with Crippen LogP contribution >= 0.6 is 11.6 Å². The first-order chi connectivity index (χ1) is 17.3. The lowest BCUT2D eigenvalue weighted by Crippen LogP contribution is -2.35. The molecule has 1 saturated heterocycles. The Morgan fingerprint density at radius 2 is 1.86 bits per heavy atom. The van der Waals surface area contributed by atoms with Crippen molar-refractivity contribution in [2.75, 3.05) is 19.7 Å². The molecule has 0 radical (unpaired) electrons. The third-order valence-electron chi connectivity index (χ3n) is 7.24. The predicted molar refractivity (Wildman–Crippen MR) is 144 cm³/mol. The zero-order valence-corrected chi connectivity index (χ0v) is 21.6. The van der Waals surface area contributed by atoms with Crippen LogP contribution in [0.3, 0.4) is 0 Å². The van der Waals surface area contributed by atoms with Gasteiger partial charge in [0.25, 0.3) is 0 Å². The summed E-state index contributed by atoms with van der Waals surface area (Å²) >= 11 is 6.47. The molecule has 0 bridgehead atoms. The molecular formula is C30H32ClNO4. The number of phenols is 2. The zero-order chi connectivity index (χ0) is 25.4. The van der Waals surface area contributed by atoms with Crippen LogP contribution < -0.4 is 9.47 Å². The molecule has 5 rings (SSSR count). The van der Waals surface area contributed by atoms with Crippen molar-refractivity contribution >= 4 is 22.7 Å². The summed E-state index contributed by atoms with van der Waals surface area (Å²) < 4.78 is 12.6. The Bertz CT molecular complexity index is 1290. The summed E-state index contributed by atoms with van der Waals surface area (Å²) in [4.78, 5) is 2.49. The highest BCUT2D eigenvalue weighted by Crippen LogP contribution is 2.50. The average Bonchev–Trinajstić information content (AvgIpc) is 3.29. The molecule has 3 unspecified atom stereocenters. The molecule has 2 N–H and O–H groups in total. The summed E-state index contributed by atoms with van der Waals surface area (Å²) in [6.07, 6.45) is 0.808. The lowest BCUT2D eigenvalue weighted by Gasteiger charge is -2.32. The first-order valence-electron chi connectivity index (χ1n) is 12.5. The molecule has 2 aliphatic heterocycles. The van der Waals surface area contributed by atoms with Crippen LogP contribution in [0.1, 0.15) is 50.0 Å². The highest BCUT2D eigenvalue weighted by Gasteiger charge is 2.31. The number of rotatable bonds is 6. The molecule has 5 nitrogen and oxygen atoms in total. The van der Waals surface area contributed by atoms with Crippen molar-refractivity contribution in [3.8, 4) is 23.0 Å². The number of likely N-dealkylation sites (tertiary alicyclic amines) is 1. The number of hydrogen-bond acceptors (Lipinski definition) is 5. The van der Waals surface area contributed by atoms with Crippen LogP contribution in [0.4, 0.5) is 0 Å². The molecule has 1 fully saturated rings. The number of benzene rings is 3. The van der Waals surface area contributed by atoms with E-state index in [1.807, 2.05) is 43.3 Å². The molecule has 0 saturated carbocycles. The SMILES string of the molecule is CC1=C(c2cccc(O)c2)C(c2ccc(OCC(C)N3CCC(C)C3)cc2)Oc2c(Cl)cc(O)cc21. The maximum absolute atomic E-state index is 10.2. The highest BCUT2D eigenvalue weighted by atomic mass is 35.5. The van der Waals surface area contributed by atoms with Gasteiger partial charge in [-0.25, -0.2) is 0 Å². The van der Waals surface area contributed by atoms with Crippen LogP contribution in [0.25, 0.3) is 11.1 Å². The third-order valence-corrected chi connectivity index (χ3v) is 7.52. The molecule has 36 heavy (non-hydrogen) atoms. The Hall–Kier alpha value is -3.15. The first-order valence-corrected chi connectivity index (χ1v) is 12.8. The molecular weight excluding hydrogens is 474 g/mol. The van der Waals surface area contributed by atoms with Crippen molar-refractivity contribution in [1.29, 1.82) is 0 Å². The largest absolute Gasteiger partial charge is 0.508 e. The lowest BCUT2D eigenvalue weighted by atomic mass is 9.86. The van der Waals surface area contributed by atoms with E-state index in [1.165, 1.54) is 12.5 Å². The standard InChI is InChI=1S/C30H32ClNO4/c1-18-11-12-32(16-18)19(2)17-35-25-9-7-21(8-10-25)29-28(22-5-4-6-23(33)13-22)20(3)26-14-24(34)15-27(31)30(26)36-29/h4-10,13-15,18-19,29,33-34H,11-12,16-17H2,1-3H3. The Labute approximate surface area is 217 Å². The van der Waals surface area contributed by atoms with Crippen molar-refractivity contribution in [2.45, 2.75) is 39.3 Å². The van der Waals surface area contributed by atoms with Gasteiger partial charge in [-0.1, -0.05) is 42.8 Å². The minimum Gasteiger partial charge on any atom is -0.508 e. The number of ether oxygens (including phenoxy) is 2. The second-order valence-electron chi connectivity index (χ2n) is 10.0. The van der Waals surface area contributed by atoms with Crippen LogP contribution in [0.15, 0.2) is 60.7 Å². The number of aromatic hydroxyl groups is 2. The van der Waals surface area contributed by atoms with Gasteiger partial charge in [0.2, 0.25) is 0 Å². The van der Waals surface area contributed by atoms with E-state index in [0.717, 1.165) is 52.6 Å². The zero-order valence-electron chi connectivity index (χ0n) is 20.9. The molecule has 3 aromatic rings. The third kappa shape index (κ3) is 4.91. The molecule has 6 heteroatoms. The van der Waals surface area contributed by atoms with Gasteiger partial charge in [-0.2, -0.15) is 0 Å². The van der Waals surface area contributed by atoms with Crippen LogP contribution in [0.5, 0.6) is 23.0 Å². The minimum atomic E-state index is -0.444. The van der Waals surface area contributed by atoms with E-state index in [4.69, 9.17) is 21.1 Å². The normalized spacial score (nSPS) is 20.7. The summed E-state index contributed by atoms with van der Waals surface area (Å²) in [7, 11) is 0. The smallest absolute Gasteiger partial charge is 0.150 e. The maximum atomic E-state index is 10.2. The van der Waals surface area contributed by atoms with Crippen molar-refractivity contribution in [3.05, 3.63) is 82.4 Å². The average molecular weight is 506 g/mol. The molecule has 3 aromatic carbocycles. The Kier molecular flexibility index (Phi) is 6.87. The molecule has 0 spiro atoms. The van der Waals surface area contributed by atoms with Gasteiger partial charge in [0.15, 0.2) is 0 Å². The van der Waals surface area contributed by atoms with Gasteiger partial charge in [-0.15, -0.1) is 0 Å². The van der Waals surface area contributed by atoms with E-state index >= 15 is 0 Å². The molecule has 3 atom stereocenters. The number of fused-ring (bicyclic) bond motifs is 1. The fourth-order valence-electron chi connectivity index (χ4n) is 5.20. The van der Waals surface area contributed by atoms with E-state index in [0.29, 0.717) is 23.4 Å². The number of phenolic OH excluding ortho intramolecular Hbond substituents is 2. The Morgan fingerprint density at radius 3 is 2.56 bits per heavy atom. The summed E-state index contributed by atoms with van der Waals surface area (Å²) in [6.45, 7) is 9.42. The predicted octanol–water partition coefficient (Wildman–Crippen LogP) is 6.92. The van der Waals surface area contributed by atoms with Crippen LogP contribution in [-0.2, 0) is 0 Å². The lowest BCUT2D eigenvalue weighted by molar-refractivity contribution is 0.169. The van der Waals surface area contributed by atoms with E-state index in [9.17, 15) is 10.2 Å². The fraction of sp³-hybridized carbons (Fsp3) is 0.333. The second-order valence-corrected chi connectivity index (χ2v) is 10.4. The van der Waals surface area contributed by atoms with Crippen molar-refractivity contribution in [2.24, 2.45) is 5.92 Å². The van der Waals surface area contributed by atoms with Gasteiger partial charge in [-0.05, 0) is 79.8 Å². The summed E-state index contributed by atoms with van der Waals surface area (Å²) in [5.41, 5.74) is 4.36. The molecule has 0 aromatic heterocycles. The monoisotopic (exact) mass is 505 g/mol. The van der Waals surface area contributed by atoms with Crippen LogP contribution in [-0.4, -0.2) is 40.9 Å². The summed E-state index contributed by atoms with van der Waals surface area (Å²) in [5.74, 6) is 2.36. The van der Waals surface area contributed by atoms with E-state index in [-0.39, 0.29) is 11.5 Å². The van der Waals surface area contributed by atoms with Gasteiger partial charge in [0.05, 0.1) is 5.02 Å². The van der Waals surface area contributed by atoms with Gasteiger partial charge >= 0.3 is 0 Å². The summed E-state index contributed by atoms with van der Waals surface area (Å²) in [6, 6.07) is 18.6. The first kappa shape index (κ1) is 24.5. The quantitative estimate of drug-likeness (QED) is 0.380. The number of nitrogens with zero attached hydrogens (tertiary/aromatic N) is 1. The second kappa shape index (κ2) is 10.1. The van der Waals surface area contributed by atoms with Crippen LogP contribution in [0, 0.1) is 5.92 Å². The van der Waals surface area contributed by atoms with E-state index < -0.39 is 6.10 Å². The van der Waals surface area contributed by atoms with Crippen molar-refractivity contribution < 1.29 is 19.7 Å². The highest BCUT2D eigenvalue weighted by molar-refractivity contribution is 6.32. The van der Waals surface area contributed by atoms with Gasteiger partial charge in [-0.3, -0.25) is 4.90 Å². The Morgan fingerprint density at radius 1 is 1.08 bits per heavy atom. The Balaban J connectivity index is 1.43. The molecule has 188 valence electrons. The molecule has 0 aliphatic carbocycles. The van der Waals surface area contributed by atoms with Crippen molar-refractivity contribution in [1.82, 2.24) is 4.90 Å². The maximum Gasteiger partial charge on any atom is 0.150 e. The van der Waals surface area contributed by atoms with Gasteiger partial charge in [0, 0.05) is 29.8 Å². The topological polar surface area (TPSA) is 62.2 Å². The number of hydrogen-bond donors (Lipinski definition) is 2. The van der Waals surface area contributed by atoms with Gasteiger partial charge < -0.3 is 19.7 Å². The fourth-order valence-corrected chi connectivity index (χ4v) is 5.46. The van der Waals surface area contributed by atoms with E-state index in [1.54, 1.807) is 18.2 Å². The minimum absolute atomic E-state index is 0.0783. The van der Waals surface area contributed by atoms with Crippen LogP contribution in [0.2, 0.25) is 5.02 Å². The van der Waals surface area contributed by atoms with Gasteiger partial charge in [0.1, 0.15) is 35.7 Å². The molecule has 2 heterocycles. The number of halogens is 1. The summed E-state index contributed by atoms with van der Waals surface area (Å²) in [5, 5.41) is 20.7. The number of allylic oxidation sites excluding steroid dienone is 1. The molecule has 2 aliphatic rings.